The Morgan fingerprint density at radius 3 is 1.12 bits per heavy atom. The van der Waals surface area contributed by atoms with E-state index in [4.69, 9.17) is 14.2 Å². The quantitative estimate of drug-likeness (QED) is 0.0264. The molecule has 0 heterocycles. The number of rotatable bonds is 42. The lowest BCUT2D eigenvalue weighted by atomic mass is 10.1. The molecule has 0 saturated heterocycles. The number of ether oxygens (including phenoxy) is 3. The Balaban J connectivity index is 4.48. The van der Waals surface area contributed by atoms with Gasteiger partial charge in [-0.2, -0.15) is 0 Å². The van der Waals surface area contributed by atoms with Crippen molar-refractivity contribution in [3.63, 3.8) is 0 Å². The van der Waals surface area contributed by atoms with Crippen LogP contribution in [0.15, 0.2) is 97.2 Å². The van der Waals surface area contributed by atoms with Crippen LogP contribution in [0.1, 0.15) is 207 Å². The Morgan fingerprint density at radius 1 is 0.350 bits per heavy atom. The lowest BCUT2D eigenvalue weighted by molar-refractivity contribution is -0.167. The van der Waals surface area contributed by atoms with E-state index < -0.39 is 6.10 Å². The van der Waals surface area contributed by atoms with Crippen LogP contribution in [0.2, 0.25) is 0 Å². The third-order valence-corrected chi connectivity index (χ3v) is 9.80. The highest BCUT2D eigenvalue weighted by Crippen LogP contribution is 2.12. The summed E-state index contributed by atoms with van der Waals surface area (Å²) in [4.78, 5) is 37.8. The predicted molar refractivity (Wildman–Crippen MR) is 256 cm³/mol. The Bertz CT molecular complexity index is 1230. The molecule has 0 fully saturated rings. The summed E-state index contributed by atoms with van der Waals surface area (Å²) in [5.74, 6) is -1.03. The monoisotopic (exact) mass is 833 g/mol. The molecule has 0 saturated carbocycles. The molecule has 6 heteroatoms. The summed E-state index contributed by atoms with van der Waals surface area (Å²) < 4.78 is 16.6. The summed E-state index contributed by atoms with van der Waals surface area (Å²) in [6, 6.07) is 0. The van der Waals surface area contributed by atoms with Crippen molar-refractivity contribution >= 4 is 17.9 Å². The lowest BCUT2D eigenvalue weighted by Crippen LogP contribution is -2.30. The van der Waals surface area contributed by atoms with Crippen LogP contribution in [0, 0.1) is 0 Å². The van der Waals surface area contributed by atoms with E-state index in [-0.39, 0.29) is 37.5 Å². The minimum atomic E-state index is -0.817. The first-order valence-electron chi connectivity index (χ1n) is 24.2. The predicted octanol–water partition coefficient (Wildman–Crippen LogP) is 15.8. The highest BCUT2D eigenvalue weighted by molar-refractivity contribution is 5.71. The molecule has 0 aliphatic carbocycles. The van der Waals surface area contributed by atoms with Gasteiger partial charge in [0, 0.05) is 19.3 Å². The highest BCUT2D eigenvalue weighted by atomic mass is 16.6. The number of hydrogen-bond donors (Lipinski definition) is 0. The van der Waals surface area contributed by atoms with Crippen molar-refractivity contribution in [1.29, 1.82) is 0 Å². The Hall–Kier alpha value is -3.67. The zero-order chi connectivity index (χ0) is 43.7. The second-order valence-electron chi connectivity index (χ2n) is 15.6. The molecular weight excluding hydrogens is 745 g/mol. The zero-order valence-electron chi connectivity index (χ0n) is 38.7. The number of unbranched alkanes of at least 4 members (excludes halogenated alkanes) is 15. The van der Waals surface area contributed by atoms with Gasteiger partial charge in [-0.1, -0.05) is 176 Å². The number of carbonyl (C=O) groups excluding carboxylic acids is 3. The maximum absolute atomic E-state index is 12.7. The van der Waals surface area contributed by atoms with Crippen LogP contribution in [0.4, 0.5) is 0 Å². The number of carbonyl (C=O) groups is 3. The van der Waals surface area contributed by atoms with E-state index in [1.165, 1.54) is 57.8 Å². The minimum Gasteiger partial charge on any atom is -0.462 e. The van der Waals surface area contributed by atoms with Gasteiger partial charge in [-0.25, -0.2) is 0 Å². The molecular formula is C54H88O6. The maximum atomic E-state index is 12.7. The van der Waals surface area contributed by atoms with Crippen LogP contribution < -0.4 is 0 Å². The standard InChI is InChI=1S/C54H88O6/c1-4-7-10-13-16-19-21-23-25-27-29-30-32-35-38-41-44-47-53(56)59-50-51(49-58-52(55)46-43-40-37-34-18-15-12-9-6-3)60-54(57)48-45-42-39-36-33-31-28-26-24-22-20-17-14-11-8-5-2/h8-9,11-12,17-18,20,23-26,29-30,34-35,38,51H,4-7,10,13-16,19,21-22,27-28,31-33,36-37,39-50H2,1-3H3/b11-8-,12-9-,20-17-,25-23-,26-24-,30-29-,34-18-,38-35-. The molecule has 0 radical (unpaired) electrons. The van der Waals surface area contributed by atoms with Crippen molar-refractivity contribution < 1.29 is 28.6 Å². The lowest BCUT2D eigenvalue weighted by Gasteiger charge is -2.18. The highest BCUT2D eigenvalue weighted by Gasteiger charge is 2.19. The molecule has 0 N–H and O–H groups in total. The summed E-state index contributed by atoms with van der Waals surface area (Å²) in [6.07, 6.45) is 62.7. The van der Waals surface area contributed by atoms with Crippen LogP contribution in [0.5, 0.6) is 0 Å². The Labute approximate surface area is 368 Å². The minimum absolute atomic E-state index is 0.117. The van der Waals surface area contributed by atoms with Gasteiger partial charge in [-0.05, 0) is 109 Å². The van der Waals surface area contributed by atoms with Crippen molar-refractivity contribution in [2.75, 3.05) is 13.2 Å². The largest absolute Gasteiger partial charge is 0.462 e. The molecule has 0 aromatic rings. The fourth-order valence-electron chi connectivity index (χ4n) is 6.21. The Morgan fingerprint density at radius 2 is 0.667 bits per heavy atom. The van der Waals surface area contributed by atoms with E-state index in [9.17, 15) is 14.4 Å². The second-order valence-corrected chi connectivity index (χ2v) is 15.6. The van der Waals surface area contributed by atoms with Crippen LogP contribution >= 0.6 is 0 Å². The molecule has 1 atom stereocenters. The smallest absolute Gasteiger partial charge is 0.306 e. The molecule has 0 aromatic carbocycles. The molecule has 0 aromatic heterocycles. The van der Waals surface area contributed by atoms with Crippen molar-refractivity contribution in [2.24, 2.45) is 0 Å². The molecule has 6 nitrogen and oxygen atoms in total. The van der Waals surface area contributed by atoms with Gasteiger partial charge in [0.15, 0.2) is 6.10 Å². The summed E-state index contributed by atoms with van der Waals surface area (Å²) in [7, 11) is 0. The number of esters is 3. The number of hydrogen-bond acceptors (Lipinski definition) is 6. The summed E-state index contributed by atoms with van der Waals surface area (Å²) in [6.45, 7) is 6.29. The van der Waals surface area contributed by atoms with Crippen LogP contribution in [0.25, 0.3) is 0 Å². The first-order valence-corrected chi connectivity index (χ1v) is 24.2. The van der Waals surface area contributed by atoms with Crippen molar-refractivity contribution in [3.8, 4) is 0 Å². The zero-order valence-corrected chi connectivity index (χ0v) is 38.7. The van der Waals surface area contributed by atoms with E-state index in [1.807, 2.05) is 0 Å². The van der Waals surface area contributed by atoms with Gasteiger partial charge >= 0.3 is 17.9 Å². The topological polar surface area (TPSA) is 78.9 Å². The molecule has 0 bridgehead atoms. The van der Waals surface area contributed by atoms with E-state index in [0.29, 0.717) is 19.3 Å². The average molecular weight is 833 g/mol. The molecule has 0 aliphatic rings. The SMILES string of the molecule is CC/C=C\C/C=C\C/C=C\CCCCCCCCC(=O)OC(COC(=O)CCC/C=C\C/C=C\C/C=C\CCCCCCCC)COC(=O)CCCC/C=C\C/C=C\CC. The van der Waals surface area contributed by atoms with Crippen molar-refractivity contribution in [1.82, 2.24) is 0 Å². The fourth-order valence-corrected chi connectivity index (χ4v) is 6.21. The first kappa shape index (κ1) is 56.3. The molecule has 0 spiro atoms. The third-order valence-electron chi connectivity index (χ3n) is 9.80. The molecule has 1 unspecified atom stereocenters. The fraction of sp³-hybridized carbons (Fsp3) is 0.648. The van der Waals surface area contributed by atoms with Crippen LogP contribution in [-0.4, -0.2) is 37.2 Å². The van der Waals surface area contributed by atoms with Gasteiger partial charge < -0.3 is 14.2 Å². The third kappa shape index (κ3) is 45.4. The van der Waals surface area contributed by atoms with E-state index in [1.54, 1.807) is 0 Å². The van der Waals surface area contributed by atoms with Crippen LogP contribution in [0.3, 0.4) is 0 Å². The van der Waals surface area contributed by atoms with Gasteiger partial charge in [-0.15, -0.1) is 0 Å². The van der Waals surface area contributed by atoms with E-state index in [0.717, 1.165) is 103 Å². The summed E-state index contributed by atoms with van der Waals surface area (Å²) in [5, 5.41) is 0. The molecule has 0 aliphatic heterocycles. The summed E-state index contributed by atoms with van der Waals surface area (Å²) >= 11 is 0. The average Bonchev–Trinajstić information content (AvgIpc) is 3.24. The Kier molecular flexibility index (Phi) is 45.1. The molecule has 0 amide bonds. The van der Waals surface area contributed by atoms with Crippen LogP contribution in [-0.2, 0) is 28.6 Å². The molecule has 0 rings (SSSR count). The van der Waals surface area contributed by atoms with Gasteiger partial charge in [0.2, 0.25) is 0 Å². The van der Waals surface area contributed by atoms with E-state index in [2.05, 4.69) is 118 Å². The molecule has 340 valence electrons. The maximum Gasteiger partial charge on any atom is 0.306 e. The first-order chi connectivity index (χ1) is 29.5. The van der Waals surface area contributed by atoms with Crippen molar-refractivity contribution in [2.45, 2.75) is 213 Å². The number of allylic oxidation sites excluding steroid dienone is 16. The van der Waals surface area contributed by atoms with Gasteiger partial charge in [-0.3, -0.25) is 14.4 Å². The van der Waals surface area contributed by atoms with Gasteiger partial charge in [0.1, 0.15) is 13.2 Å². The van der Waals surface area contributed by atoms with Gasteiger partial charge in [0.25, 0.3) is 0 Å². The van der Waals surface area contributed by atoms with Gasteiger partial charge in [0.05, 0.1) is 0 Å². The normalized spacial score (nSPS) is 12.9. The second kappa shape index (κ2) is 48.0. The molecule has 60 heavy (non-hydrogen) atoms. The summed E-state index contributed by atoms with van der Waals surface area (Å²) in [5.41, 5.74) is 0. The van der Waals surface area contributed by atoms with Crippen molar-refractivity contribution in [3.05, 3.63) is 97.2 Å². The van der Waals surface area contributed by atoms with E-state index >= 15 is 0 Å².